The minimum atomic E-state index is -0.617. The van der Waals surface area contributed by atoms with Gasteiger partial charge in [0.25, 0.3) is 0 Å². The molecule has 0 aromatic heterocycles. The monoisotopic (exact) mass is 508 g/mol. The van der Waals surface area contributed by atoms with Crippen LogP contribution in [0.15, 0.2) is 164 Å². The van der Waals surface area contributed by atoms with Gasteiger partial charge < -0.3 is 4.90 Å². The maximum atomic E-state index is 9.66. The van der Waals surface area contributed by atoms with Gasteiger partial charge in [-0.15, -0.1) is 0 Å². The molecule has 0 amide bonds. The van der Waals surface area contributed by atoms with E-state index in [1.165, 1.54) is 4.90 Å². The predicted molar refractivity (Wildman–Crippen MR) is 167 cm³/mol. The van der Waals surface area contributed by atoms with Crippen LogP contribution in [-0.4, -0.2) is 0 Å². The summed E-state index contributed by atoms with van der Waals surface area (Å²) in [5.74, 6) is 0. The van der Waals surface area contributed by atoms with E-state index in [0.717, 1.165) is 10.8 Å². The van der Waals surface area contributed by atoms with Crippen LogP contribution in [0.5, 0.6) is 0 Å². The van der Waals surface area contributed by atoms with E-state index >= 15 is 0 Å². The van der Waals surface area contributed by atoms with Gasteiger partial charge >= 0.3 is 0 Å². The smallest absolute Gasteiger partial charge is 0.0651 e. The molecule has 7 aromatic rings. The highest BCUT2D eigenvalue weighted by atomic mass is 15.1. The number of hydrogen-bond donors (Lipinski definition) is 0. The Morgan fingerprint density at radius 3 is 2.13 bits per heavy atom. The van der Waals surface area contributed by atoms with Crippen LogP contribution >= 0.6 is 0 Å². The first kappa shape index (κ1) is 14.1. The van der Waals surface area contributed by atoms with Gasteiger partial charge in [0, 0.05) is 16.6 Å². The summed E-state index contributed by atoms with van der Waals surface area (Å²) < 4.78 is 98.2. The molecule has 0 unspecified atom stereocenters. The number of para-hydroxylation sites is 1. The molecular weight excluding hydrogens is 470 g/mol. The zero-order valence-corrected chi connectivity index (χ0v) is 20.7. The zero-order valence-electron chi connectivity index (χ0n) is 31.7. The Morgan fingerprint density at radius 2 is 1.21 bits per heavy atom. The molecule has 7 rings (SSSR count). The van der Waals surface area contributed by atoms with E-state index in [-0.39, 0.29) is 39.8 Å². The molecule has 1 heteroatoms. The number of fused-ring (bicyclic) bond motifs is 2. The van der Waals surface area contributed by atoms with E-state index in [2.05, 4.69) is 0 Å². The molecule has 0 heterocycles. The van der Waals surface area contributed by atoms with Crippen LogP contribution < -0.4 is 4.90 Å². The molecule has 0 fully saturated rings. The fourth-order valence-corrected chi connectivity index (χ4v) is 4.78. The molecule has 39 heavy (non-hydrogen) atoms. The van der Waals surface area contributed by atoms with Crippen molar-refractivity contribution in [2.24, 2.45) is 0 Å². The van der Waals surface area contributed by atoms with Crippen LogP contribution in [0.1, 0.15) is 15.1 Å². The molecule has 0 aliphatic carbocycles. The SMILES string of the molecule is [2H]c1c([2H])c(-c2ccc3ccccc3c2)c([2H])c(N(c2ccccc2-c2ccccc2)c2c([2H])c([2H])c([2H])c3c([2H])c([2H])c([2H])c([2H])c23)c1[2H]. The van der Waals surface area contributed by atoms with Crippen molar-refractivity contribution in [1.29, 1.82) is 0 Å². The van der Waals surface area contributed by atoms with Crippen LogP contribution in [0.3, 0.4) is 0 Å². The number of anilines is 3. The molecule has 0 atom stereocenters. The van der Waals surface area contributed by atoms with Gasteiger partial charge in [-0.05, 0) is 63.1 Å². The molecule has 1 nitrogen and oxygen atoms in total. The quantitative estimate of drug-likeness (QED) is 0.223. The van der Waals surface area contributed by atoms with E-state index < -0.39 is 54.4 Å². The van der Waals surface area contributed by atoms with Gasteiger partial charge in [0.15, 0.2) is 0 Å². The van der Waals surface area contributed by atoms with Gasteiger partial charge in [-0.25, -0.2) is 0 Å². The number of rotatable bonds is 5. The number of benzene rings is 7. The normalized spacial score (nSPS) is 15.0. The topological polar surface area (TPSA) is 3.24 Å². The van der Waals surface area contributed by atoms with Crippen LogP contribution in [0.4, 0.5) is 17.1 Å². The Kier molecular flexibility index (Phi) is 3.61. The van der Waals surface area contributed by atoms with Gasteiger partial charge in [0.2, 0.25) is 0 Å². The average Bonchev–Trinajstić information content (AvgIpc) is 3.13. The van der Waals surface area contributed by atoms with E-state index in [1.54, 1.807) is 36.4 Å². The lowest BCUT2D eigenvalue weighted by atomic mass is 9.98. The third-order valence-electron chi connectivity index (χ3n) is 6.62. The van der Waals surface area contributed by atoms with Crippen molar-refractivity contribution in [3.05, 3.63) is 164 Å². The van der Waals surface area contributed by atoms with Crippen LogP contribution in [0, 0.1) is 0 Å². The molecule has 0 spiro atoms. The van der Waals surface area contributed by atoms with E-state index in [0.29, 0.717) is 22.4 Å². The first-order valence-corrected chi connectivity index (χ1v) is 12.5. The Balaban J connectivity index is 1.69. The highest BCUT2D eigenvalue weighted by molar-refractivity contribution is 6.01. The molecule has 0 aliphatic rings. The molecule has 7 aromatic carbocycles. The Bertz CT molecular complexity index is 2510. The lowest BCUT2D eigenvalue weighted by molar-refractivity contribution is 1.30. The summed E-state index contributed by atoms with van der Waals surface area (Å²) in [6.45, 7) is 0. The Hall–Kier alpha value is -5.14. The van der Waals surface area contributed by atoms with Crippen LogP contribution in [-0.2, 0) is 0 Å². The summed E-state index contributed by atoms with van der Waals surface area (Å²) in [7, 11) is 0. The summed E-state index contributed by atoms with van der Waals surface area (Å²) in [4.78, 5) is 1.33. The lowest BCUT2D eigenvalue weighted by Crippen LogP contribution is -2.11. The van der Waals surface area contributed by atoms with Gasteiger partial charge in [-0.1, -0.05) is 133 Å². The minimum Gasteiger partial charge on any atom is -0.309 e. The lowest BCUT2D eigenvalue weighted by Gasteiger charge is -2.29. The Labute approximate surface area is 244 Å². The third-order valence-corrected chi connectivity index (χ3v) is 6.62. The minimum absolute atomic E-state index is 0.0508. The maximum absolute atomic E-state index is 9.66. The summed E-state index contributed by atoms with van der Waals surface area (Å²) >= 11 is 0. The second-order valence-corrected chi connectivity index (χ2v) is 8.98. The summed E-state index contributed by atoms with van der Waals surface area (Å²) in [6, 6.07) is 23.3. The van der Waals surface area contributed by atoms with Crippen molar-refractivity contribution in [2.75, 3.05) is 4.90 Å². The molecule has 0 bridgehead atoms. The predicted octanol–water partition coefficient (Wildman–Crippen LogP) is 10.8. The molecule has 0 N–H and O–H groups in total. The highest BCUT2D eigenvalue weighted by Crippen LogP contribution is 2.44. The van der Waals surface area contributed by atoms with Gasteiger partial charge in [0.1, 0.15) is 0 Å². The van der Waals surface area contributed by atoms with Crippen molar-refractivity contribution >= 4 is 38.6 Å². The highest BCUT2D eigenvalue weighted by Gasteiger charge is 2.19. The molecule has 184 valence electrons. The first-order valence-electron chi connectivity index (χ1n) is 18.0. The Morgan fingerprint density at radius 1 is 0.462 bits per heavy atom. The van der Waals surface area contributed by atoms with E-state index in [1.807, 2.05) is 60.7 Å². The fraction of sp³-hybridized carbons (Fsp3) is 0. The van der Waals surface area contributed by atoms with E-state index in [4.69, 9.17) is 11.0 Å². The maximum Gasteiger partial charge on any atom is 0.0651 e. The van der Waals surface area contributed by atoms with Gasteiger partial charge in [0.05, 0.1) is 26.5 Å². The largest absolute Gasteiger partial charge is 0.309 e. The van der Waals surface area contributed by atoms with Gasteiger partial charge in [-0.2, -0.15) is 0 Å². The zero-order chi connectivity index (χ0) is 35.6. The van der Waals surface area contributed by atoms with Crippen molar-refractivity contribution in [2.45, 2.75) is 0 Å². The third kappa shape index (κ3) is 4.35. The number of nitrogens with zero attached hydrogens (tertiary/aromatic N) is 1. The standard InChI is InChI=1S/C38H27N/c1-2-13-29(14-3-1)35-21-8-9-22-37(35)39(38-23-11-17-30-15-6-7-20-36(30)38)34-19-10-18-32(27-34)33-25-24-28-12-4-5-16-31(28)26-33/h1-27H/i6D,7D,10D,11D,15D,17D,18D,19D,20D,23D,27D. The second-order valence-electron chi connectivity index (χ2n) is 8.98. The summed E-state index contributed by atoms with van der Waals surface area (Å²) in [5.41, 5.74) is 1.60. The van der Waals surface area contributed by atoms with Crippen molar-refractivity contribution < 1.29 is 15.1 Å². The average molecular weight is 509 g/mol. The summed E-state index contributed by atoms with van der Waals surface area (Å²) in [5, 5.41) is 1.23. The fourth-order valence-electron chi connectivity index (χ4n) is 4.78. The first-order chi connectivity index (χ1) is 23.9. The number of hydrogen-bond acceptors (Lipinski definition) is 1. The molecule has 0 aliphatic heterocycles. The van der Waals surface area contributed by atoms with Crippen molar-refractivity contribution in [3.8, 4) is 22.3 Å². The van der Waals surface area contributed by atoms with Crippen molar-refractivity contribution in [1.82, 2.24) is 0 Å². The van der Waals surface area contributed by atoms with Gasteiger partial charge in [-0.3, -0.25) is 0 Å². The van der Waals surface area contributed by atoms with Crippen molar-refractivity contribution in [3.63, 3.8) is 0 Å². The molecule has 0 saturated heterocycles. The molecule has 0 saturated carbocycles. The summed E-state index contributed by atoms with van der Waals surface area (Å²) in [6.07, 6.45) is 0. The van der Waals surface area contributed by atoms with E-state index in [9.17, 15) is 4.11 Å². The second kappa shape index (κ2) is 9.96. The molecular formula is C38H27N. The van der Waals surface area contributed by atoms with Crippen LogP contribution in [0.2, 0.25) is 0 Å². The van der Waals surface area contributed by atoms with Crippen LogP contribution in [0.25, 0.3) is 43.8 Å². The molecule has 0 radical (unpaired) electrons.